The van der Waals surface area contributed by atoms with Gasteiger partial charge >= 0.3 is 6.03 Å². The van der Waals surface area contributed by atoms with Crippen molar-refractivity contribution in [3.8, 4) is 0 Å². The van der Waals surface area contributed by atoms with Crippen LogP contribution in [0.15, 0.2) is 30.3 Å². The van der Waals surface area contributed by atoms with E-state index >= 15 is 0 Å². The van der Waals surface area contributed by atoms with Gasteiger partial charge in [-0.25, -0.2) is 4.79 Å². The molecule has 5 nitrogen and oxygen atoms in total. The average Bonchev–Trinajstić information content (AvgIpc) is 2.38. The van der Waals surface area contributed by atoms with Crippen molar-refractivity contribution in [2.75, 3.05) is 13.2 Å². The highest BCUT2D eigenvalue weighted by atomic mass is 16.3. The van der Waals surface area contributed by atoms with Gasteiger partial charge in [-0.3, -0.25) is 5.32 Å². The Bertz CT molecular complexity index is 369. The van der Waals surface area contributed by atoms with Gasteiger partial charge in [-0.05, 0) is 5.56 Å². The third-order valence-electron chi connectivity index (χ3n) is 2.89. The van der Waals surface area contributed by atoms with Crippen molar-refractivity contribution in [3.05, 3.63) is 35.9 Å². The molecule has 2 atom stereocenters. The lowest BCUT2D eigenvalue weighted by Gasteiger charge is -2.32. The molecule has 2 rings (SSSR count). The van der Waals surface area contributed by atoms with Crippen LogP contribution in [-0.2, 0) is 6.54 Å². The van der Waals surface area contributed by atoms with E-state index in [0.29, 0.717) is 13.1 Å². The predicted octanol–water partition coefficient (Wildman–Crippen LogP) is 0.0236. The fourth-order valence-corrected chi connectivity index (χ4v) is 1.86. The highest BCUT2D eigenvalue weighted by Gasteiger charge is 2.26. The van der Waals surface area contributed by atoms with Crippen molar-refractivity contribution >= 4 is 6.03 Å². The second kappa shape index (κ2) is 5.65. The molecule has 1 aliphatic heterocycles. The Kier molecular flexibility index (Phi) is 3.95. The lowest BCUT2D eigenvalue weighted by Crippen LogP contribution is -2.61. The largest absolute Gasteiger partial charge is 0.396 e. The number of aliphatic hydroxyl groups excluding tert-OH is 1. The minimum Gasteiger partial charge on any atom is -0.396 e. The highest BCUT2D eigenvalue weighted by Crippen LogP contribution is 2.05. The van der Waals surface area contributed by atoms with Crippen LogP contribution in [0.5, 0.6) is 0 Å². The normalized spacial score (nSPS) is 23.9. The van der Waals surface area contributed by atoms with Crippen LogP contribution < -0.4 is 16.0 Å². The topological polar surface area (TPSA) is 73.4 Å². The number of amides is 2. The SMILES string of the molecule is O=C1NCC(CO)C(NCc2ccccc2)N1. The molecule has 2 amide bonds. The molecule has 5 heteroatoms. The highest BCUT2D eigenvalue weighted by molar-refractivity contribution is 5.75. The summed E-state index contributed by atoms with van der Waals surface area (Å²) in [6.07, 6.45) is -0.186. The Balaban J connectivity index is 1.90. The maximum absolute atomic E-state index is 11.2. The van der Waals surface area contributed by atoms with Gasteiger partial charge in [0.05, 0.1) is 12.8 Å². The molecule has 0 saturated carbocycles. The smallest absolute Gasteiger partial charge is 0.316 e. The van der Waals surface area contributed by atoms with Crippen molar-refractivity contribution in [2.24, 2.45) is 5.92 Å². The molecule has 0 aliphatic carbocycles. The Morgan fingerprint density at radius 2 is 2.12 bits per heavy atom. The molecule has 0 spiro atoms. The fraction of sp³-hybridized carbons (Fsp3) is 0.417. The summed E-state index contributed by atoms with van der Waals surface area (Å²) >= 11 is 0. The maximum Gasteiger partial charge on any atom is 0.316 e. The number of rotatable bonds is 4. The molecule has 1 heterocycles. The molecule has 17 heavy (non-hydrogen) atoms. The molecule has 0 aromatic heterocycles. The minimum atomic E-state index is -0.194. The molecule has 0 bridgehead atoms. The number of aliphatic hydroxyl groups is 1. The van der Waals surface area contributed by atoms with Gasteiger partial charge in [-0.15, -0.1) is 0 Å². The van der Waals surface area contributed by atoms with Gasteiger partial charge in [0.1, 0.15) is 0 Å². The van der Waals surface area contributed by atoms with Gasteiger partial charge in [0.15, 0.2) is 0 Å². The van der Waals surface area contributed by atoms with Crippen molar-refractivity contribution in [2.45, 2.75) is 12.7 Å². The average molecular weight is 235 g/mol. The number of carbonyl (C=O) groups is 1. The Morgan fingerprint density at radius 3 is 2.82 bits per heavy atom. The molecule has 92 valence electrons. The molecule has 1 fully saturated rings. The van der Waals surface area contributed by atoms with Crippen LogP contribution in [0.2, 0.25) is 0 Å². The van der Waals surface area contributed by atoms with Gasteiger partial charge in [-0.2, -0.15) is 0 Å². The summed E-state index contributed by atoms with van der Waals surface area (Å²) in [6.45, 7) is 1.21. The van der Waals surface area contributed by atoms with Crippen molar-refractivity contribution in [1.82, 2.24) is 16.0 Å². The summed E-state index contributed by atoms with van der Waals surface area (Å²) in [7, 11) is 0. The summed E-state index contributed by atoms with van der Waals surface area (Å²) in [5.74, 6) is -0.00332. The number of urea groups is 1. The van der Waals surface area contributed by atoms with Crippen LogP contribution in [-0.4, -0.2) is 30.5 Å². The summed E-state index contributed by atoms with van der Waals surface area (Å²) in [5, 5.41) is 17.9. The summed E-state index contributed by atoms with van der Waals surface area (Å²) in [5.41, 5.74) is 1.15. The summed E-state index contributed by atoms with van der Waals surface area (Å²) in [4.78, 5) is 11.2. The molecule has 4 N–H and O–H groups in total. The first kappa shape index (κ1) is 11.9. The van der Waals surface area contributed by atoms with Gasteiger partial charge in [0.25, 0.3) is 0 Å². The molecular formula is C12H17N3O2. The number of benzene rings is 1. The maximum atomic E-state index is 11.2. The van der Waals surface area contributed by atoms with E-state index in [4.69, 9.17) is 0 Å². The van der Waals surface area contributed by atoms with E-state index in [0.717, 1.165) is 5.56 Å². The lowest BCUT2D eigenvalue weighted by molar-refractivity contribution is 0.150. The van der Waals surface area contributed by atoms with E-state index in [-0.39, 0.29) is 24.7 Å². The van der Waals surface area contributed by atoms with E-state index in [1.807, 2.05) is 30.3 Å². The fourth-order valence-electron chi connectivity index (χ4n) is 1.86. The molecule has 2 unspecified atom stereocenters. The van der Waals surface area contributed by atoms with Crippen LogP contribution in [0.1, 0.15) is 5.56 Å². The first-order valence-electron chi connectivity index (χ1n) is 5.72. The Morgan fingerprint density at radius 1 is 1.35 bits per heavy atom. The summed E-state index contributed by atoms with van der Waals surface area (Å²) < 4.78 is 0. The number of nitrogens with one attached hydrogen (secondary N) is 3. The second-order valence-corrected chi connectivity index (χ2v) is 4.14. The number of hydrogen-bond acceptors (Lipinski definition) is 3. The van der Waals surface area contributed by atoms with Crippen molar-refractivity contribution in [3.63, 3.8) is 0 Å². The Hall–Kier alpha value is -1.59. The Labute approximate surface area is 100 Å². The van der Waals surface area contributed by atoms with Crippen LogP contribution in [0.4, 0.5) is 4.79 Å². The molecule has 1 aliphatic rings. The standard InChI is InChI=1S/C12H17N3O2/c16-8-10-7-14-12(17)15-11(10)13-6-9-4-2-1-3-5-9/h1-5,10-11,13,16H,6-8H2,(H2,14,15,17). The molecule has 1 saturated heterocycles. The van der Waals surface area contributed by atoms with Crippen LogP contribution in [0.25, 0.3) is 0 Å². The summed E-state index contributed by atoms with van der Waals surface area (Å²) in [6, 6.07) is 9.75. The van der Waals surface area contributed by atoms with Crippen LogP contribution >= 0.6 is 0 Å². The van der Waals surface area contributed by atoms with Crippen molar-refractivity contribution in [1.29, 1.82) is 0 Å². The first-order chi connectivity index (χ1) is 8.29. The van der Waals surface area contributed by atoms with Gasteiger partial charge < -0.3 is 15.7 Å². The van der Waals surface area contributed by atoms with Crippen LogP contribution in [0, 0.1) is 5.92 Å². The second-order valence-electron chi connectivity index (χ2n) is 4.14. The predicted molar refractivity (Wildman–Crippen MR) is 64.2 cm³/mol. The zero-order valence-corrected chi connectivity index (χ0v) is 9.52. The van der Waals surface area contributed by atoms with E-state index in [1.54, 1.807) is 0 Å². The molecule has 0 radical (unpaired) electrons. The van der Waals surface area contributed by atoms with E-state index in [2.05, 4.69) is 16.0 Å². The van der Waals surface area contributed by atoms with Gasteiger partial charge in [0, 0.05) is 19.0 Å². The first-order valence-corrected chi connectivity index (χ1v) is 5.72. The monoisotopic (exact) mass is 235 g/mol. The van der Waals surface area contributed by atoms with E-state index in [1.165, 1.54) is 0 Å². The molecule has 1 aromatic rings. The molecule has 1 aromatic carbocycles. The van der Waals surface area contributed by atoms with E-state index in [9.17, 15) is 9.90 Å². The number of hydrogen-bond donors (Lipinski definition) is 4. The third-order valence-corrected chi connectivity index (χ3v) is 2.89. The van der Waals surface area contributed by atoms with Gasteiger partial charge in [-0.1, -0.05) is 30.3 Å². The third kappa shape index (κ3) is 3.18. The quantitative estimate of drug-likeness (QED) is 0.594. The van der Waals surface area contributed by atoms with Gasteiger partial charge in [0.2, 0.25) is 0 Å². The zero-order valence-electron chi connectivity index (χ0n) is 9.52. The minimum absolute atomic E-state index is 0.00332. The van der Waals surface area contributed by atoms with Crippen molar-refractivity contribution < 1.29 is 9.90 Å². The van der Waals surface area contributed by atoms with Crippen LogP contribution in [0.3, 0.4) is 0 Å². The zero-order chi connectivity index (χ0) is 12.1. The molecular weight excluding hydrogens is 218 g/mol. The van der Waals surface area contributed by atoms with E-state index < -0.39 is 0 Å². The lowest BCUT2D eigenvalue weighted by atomic mass is 10.1. The number of carbonyl (C=O) groups excluding carboxylic acids is 1.